The van der Waals surface area contributed by atoms with Crippen molar-refractivity contribution in [1.82, 2.24) is 4.98 Å². The van der Waals surface area contributed by atoms with Crippen molar-refractivity contribution in [3.63, 3.8) is 0 Å². The predicted octanol–water partition coefficient (Wildman–Crippen LogP) is 4.61. The number of aromatic amines is 1. The molecule has 0 radical (unpaired) electrons. The fourth-order valence-corrected chi connectivity index (χ4v) is 3.00. The highest BCUT2D eigenvalue weighted by atomic mass is 16.1. The maximum atomic E-state index is 11.6. The SMILES string of the molecule is O=Cc1ccc(-c2cc3[nH]c4ccccc4c3cc2C=O)cc1. The van der Waals surface area contributed by atoms with Gasteiger partial charge in [0, 0.05) is 32.9 Å². The number of carbonyl (C=O) groups is 2. The molecule has 1 aromatic heterocycles. The summed E-state index contributed by atoms with van der Waals surface area (Å²) in [6.45, 7) is 0. The molecule has 3 heteroatoms. The van der Waals surface area contributed by atoms with Crippen molar-refractivity contribution in [2.75, 3.05) is 0 Å². The number of benzene rings is 3. The normalized spacial score (nSPS) is 11.0. The lowest BCUT2D eigenvalue weighted by molar-refractivity contribution is 0.111. The summed E-state index contributed by atoms with van der Waals surface area (Å²) in [6.07, 6.45) is 1.69. The first-order valence-corrected chi connectivity index (χ1v) is 7.35. The summed E-state index contributed by atoms with van der Waals surface area (Å²) in [5.74, 6) is 0. The number of nitrogens with one attached hydrogen (secondary N) is 1. The van der Waals surface area contributed by atoms with Gasteiger partial charge in [-0.25, -0.2) is 0 Å². The van der Waals surface area contributed by atoms with Crippen LogP contribution in [0.25, 0.3) is 32.9 Å². The van der Waals surface area contributed by atoms with E-state index < -0.39 is 0 Å². The Labute approximate surface area is 132 Å². The van der Waals surface area contributed by atoms with Crippen molar-refractivity contribution in [2.24, 2.45) is 0 Å². The molecule has 0 aliphatic heterocycles. The average Bonchev–Trinajstić information content (AvgIpc) is 2.98. The number of fused-ring (bicyclic) bond motifs is 3. The summed E-state index contributed by atoms with van der Waals surface area (Å²) >= 11 is 0. The number of aromatic nitrogens is 1. The quantitative estimate of drug-likeness (QED) is 0.561. The van der Waals surface area contributed by atoms with Gasteiger partial charge in [-0.15, -0.1) is 0 Å². The van der Waals surface area contributed by atoms with E-state index in [9.17, 15) is 9.59 Å². The van der Waals surface area contributed by atoms with Gasteiger partial charge in [0.2, 0.25) is 0 Å². The highest BCUT2D eigenvalue weighted by molar-refractivity contribution is 6.10. The molecule has 110 valence electrons. The largest absolute Gasteiger partial charge is 0.354 e. The third-order valence-corrected chi connectivity index (χ3v) is 4.16. The van der Waals surface area contributed by atoms with Crippen LogP contribution in [-0.2, 0) is 0 Å². The first-order chi connectivity index (χ1) is 11.3. The molecule has 3 nitrogen and oxygen atoms in total. The zero-order valence-electron chi connectivity index (χ0n) is 12.2. The van der Waals surface area contributed by atoms with Gasteiger partial charge in [-0.1, -0.05) is 42.5 Å². The molecule has 4 aromatic rings. The second kappa shape index (κ2) is 5.21. The lowest BCUT2D eigenvalue weighted by atomic mass is 9.97. The minimum Gasteiger partial charge on any atom is -0.354 e. The molecule has 4 rings (SSSR count). The van der Waals surface area contributed by atoms with E-state index in [1.54, 1.807) is 12.1 Å². The van der Waals surface area contributed by atoms with Crippen LogP contribution in [0.15, 0.2) is 60.7 Å². The summed E-state index contributed by atoms with van der Waals surface area (Å²) in [6, 6.07) is 19.2. The second-order valence-electron chi connectivity index (χ2n) is 5.51. The molecule has 0 aliphatic carbocycles. The number of carbonyl (C=O) groups excluding carboxylic acids is 2. The Kier molecular flexibility index (Phi) is 3.05. The van der Waals surface area contributed by atoms with Gasteiger partial charge < -0.3 is 4.98 Å². The summed E-state index contributed by atoms with van der Waals surface area (Å²) in [4.78, 5) is 25.7. The van der Waals surface area contributed by atoms with Crippen LogP contribution in [-0.4, -0.2) is 17.6 Å². The van der Waals surface area contributed by atoms with E-state index in [0.717, 1.165) is 45.5 Å². The van der Waals surface area contributed by atoms with Gasteiger partial charge in [0.05, 0.1) is 0 Å². The Morgan fingerprint density at radius 2 is 1.52 bits per heavy atom. The van der Waals surface area contributed by atoms with Gasteiger partial charge >= 0.3 is 0 Å². The number of H-pyrrole nitrogens is 1. The lowest BCUT2D eigenvalue weighted by Crippen LogP contribution is -1.89. The molecule has 0 amide bonds. The van der Waals surface area contributed by atoms with E-state index in [0.29, 0.717) is 11.1 Å². The van der Waals surface area contributed by atoms with Crippen LogP contribution in [0.4, 0.5) is 0 Å². The number of rotatable bonds is 3. The topological polar surface area (TPSA) is 49.9 Å². The molecule has 1 heterocycles. The van der Waals surface area contributed by atoms with Crippen LogP contribution in [0.5, 0.6) is 0 Å². The van der Waals surface area contributed by atoms with Crippen molar-refractivity contribution in [3.05, 3.63) is 71.8 Å². The summed E-state index contributed by atoms with van der Waals surface area (Å²) < 4.78 is 0. The molecule has 0 saturated heterocycles. The Morgan fingerprint density at radius 1 is 0.739 bits per heavy atom. The van der Waals surface area contributed by atoms with Gasteiger partial charge in [-0.2, -0.15) is 0 Å². The molecular weight excluding hydrogens is 286 g/mol. The monoisotopic (exact) mass is 299 g/mol. The van der Waals surface area contributed by atoms with Crippen LogP contribution < -0.4 is 0 Å². The van der Waals surface area contributed by atoms with E-state index >= 15 is 0 Å². The molecular formula is C20H13NO2. The lowest BCUT2D eigenvalue weighted by Gasteiger charge is -2.06. The van der Waals surface area contributed by atoms with Crippen molar-refractivity contribution >= 4 is 34.4 Å². The second-order valence-corrected chi connectivity index (χ2v) is 5.51. The van der Waals surface area contributed by atoms with Crippen molar-refractivity contribution in [2.45, 2.75) is 0 Å². The zero-order valence-corrected chi connectivity index (χ0v) is 12.2. The fraction of sp³-hybridized carbons (Fsp3) is 0. The van der Waals surface area contributed by atoms with Gasteiger partial charge in [-0.05, 0) is 29.3 Å². The number of aldehydes is 2. The average molecular weight is 299 g/mol. The first-order valence-electron chi connectivity index (χ1n) is 7.35. The maximum absolute atomic E-state index is 11.6. The summed E-state index contributed by atoms with van der Waals surface area (Å²) in [5.41, 5.74) is 5.07. The molecule has 1 N–H and O–H groups in total. The Balaban J connectivity index is 1.99. The Morgan fingerprint density at radius 3 is 2.26 bits per heavy atom. The standard InChI is InChI=1S/C20H13NO2/c22-11-13-5-7-14(8-6-13)17-10-20-18(9-15(17)12-23)16-3-1-2-4-19(16)21-20/h1-12,21H. The van der Waals surface area contributed by atoms with Gasteiger partial charge in [0.25, 0.3) is 0 Å². The molecule has 0 bridgehead atoms. The van der Waals surface area contributed by atoms with Gasteiger partial charge in [0.15, 0.2) is 6.29 Å². The highest BCUT2D eigenvalue weighted by Gasteiger charge is 2.11. The number of hydrogen-bond acceptors (Lipinski definition) is 2. The van der Waals surface area contributed by atoms with Crippen LogP contribution in [0.2, 0.25) is 0 Å². The predicted molar refractivity (Wildman–Crippen MR) is 92.0 cm³/mol. The fourth-order valence-electron chi connectivity index (χ4n) is 3.00. The number of hydrogen-bond donors (Lipinski definition) is 1. The molecule has 0 atom stereocenters. The first kappa shape index (κ1) is 13.5. The van der Waals surface area contributed by atoms with Crippen LogP contribution in [0, 0.1) is 0 Å². The van der Waals surface area contributed by atoms with Crippen LogP contribution >= 0.6 is 0 Å². The van der Waals surface area contributed by atoms with E-state index in [-0.39, 0.29) is 0 Å². The smallest absolute Gasteiger partial charge is 0.150 e. The molecule has 23 heavy (non-hydrogen) atoms. The number of para-hydroxylation sites is 1. The minimum absolute atomic E-state index is 0.619. The molecule has 0 saturated carbocycles. The molecule has 0 fully saturated rings. The highest BCUT2D eigenvalue weighted by Crippen LogP contribution is 2.32. The van der Waals surface area contributed by atoms with E-state index in [2.05, 4.69) is 4.98 Å². The van der Waals surface area contributed by atoms with E-state index in [1.807, 2.05) is 48.5 Å². The third kappa shape index (κ3) is 2.14. The molecule has 0 spiro atoms. The minimum atomic E-state index is 0.619. The zero-order chi connectivity index (χ0) is 15.8. The van der Waals surface area contributed by atoms with Gasteiger partial charge in [-0.3, -0.25) is 9.59 Å². The third-order valence-electron chi connectivity index (χ3n) is 4.16. The summed E-state index contributed by atoms with van der Waals surface area (Å²) in [7, 11) is 0. The molecule has 0 unspecified atom stereocenters. The maximum Gasteiger partial charge on any atom is 0.150 e. The van der Waals surface area contributed by atoms with E-state index in [4.69, 9.17) is 0 Å². The Bertz CT molecular complexity index is 1040. The van der Waals surface area contributed by atoms with Gasteiger partial charge in [0.1, 0.15) is 6.29 Å². The molecule has 3 aromatic carbocycles. The summed E-state index contributed by atoms with van der Waals surface area (Å²) in [5, 5.41) is 2.14. The Hall–Kier alpha value is -3.20. The van der Waals surface area contributed by atoms with Crippen molar-refractivity contribution in [1.29, 1.82) is 0 Å². The van der Waals surface area contributed by atoms with Crippen molar-refractivity contribution in [3.8, 4) is 11.1 Å². The van der Waals surface area contributed by atoms with Crippen molar-refractivity contribution < 1.29 is 9.59 Å². The van der Waals surface area contributed by atoms with Crippen LogP contribution in [0.1, 0.15) is 20.7 Å². The van der Waals surface area contributed by atoms with E-state index in [1.165, 1.54) is 0 Å². The van der Waals surface area contributed by atoms with Crippen LogP contribution in [0.3, 0.4) is 0 Å². The molecule has 0 aliphatic rings.